The van der Waals surface area contributed by atoms with Crippen LogP contribution in [0.15, 0.2) is 24.3 Å². The highest BCUT2D eigenvalue weighted by Crippen LogP contribution is 2.37. The Bertz CT molecular complexity index is 884. The molecule has 1 amide bonds. The summed E-state index contributed by atoms with van der Waals surface area (Å²) in [6.45, 7) is 2.47. The standard InChI is InChI=1S/C21H27ClN6O2/c22-16-9-5-4-8-15(16)17(14-6-2-1-3-7-14)24-19(29)18-25-20(23)27-21(26-18)28-10-12-30-13-11-28/h4-5,8-9,14,17H,1-3,6-7,10-13H2,(H,24,29)(H2,23,25,26,27). The molecule has 2 fully saturated rings. The van der Waals surface area contributed by atoms with Crippen LogP contribution in [0.25, 0.3) is 0 Å². The van der Waals surface area contributed by atoms with E-state index in [1.165, 1.54) is 6.42 Å². The third-order valence-corrected chi connectivity index (χ3v) is 6.13. The summed E-state index contributed by atoms with van der Waals surface area (Å²) in [5.41, 5.74) is 6.82. The first kappa shape index (κ1) is 20.8. The number of benzene rings is 1. The second-order valence-electron chi connectivity index (χ2n) is 7.79. The van der Waals surface area contributed by atoms with Gasteiger partial charge < -0.3 is 20.7 Å². The normalized spacial score (nSPS) is 18.8. The van der Waals surface area contributed by atoms with Crippen molar-refractivity contribution in [2.24, 2.45) is 5.92 Å². The molecule has 8 nitrogen and oxygen atoms in total. The lowest BCUT2D eigenvalue weighted by Crippen LogP contribution is -2.39. The molecule has 4 rings (SSSR count). The van der Waals surface area contributed by atoms with Crippen LogP contribution in [0.2, 0.25) is 5.02 Å². The summed E-state index contributed by atoms with van der Waals surface area (Å²) in [5.74, 6) is 0.415. The highest BCUT2D eigenvalue weighted by Gasteiger charge is 2.29. The van der Waals surface area contributed by atoms with Crippen LogP contribution in [0.5, 0.6) is 0 Å². The van der Waals surface area contributed by atoms with Crippen LogP contribution in [0, 0.1) is 5.92 Å². The van der Waals surface area contributed by atoms with E-state index in [1.807, 2.05) is 29.2 Å². The average molecular weight is 431 g/mol. The third kappa shape index (κ3) is 4.82. The van der Waals surface area contributed by atoms with Crippen molar-refractivity contribution >= 4 is 29.4 Å². The summed E-state index contributed by atoms with van der Waals surface area (Å²) in [6, 6.07) is 7.48. The number of halogens is 1. The number of aromatic nitrogens is 3. The molecule has 3 N–H and O–H groups in total. The fourth-order valence-electron chi connectivity index (χ4n) is 4.24. The lowest BCUT2D eigenvalue weighted by Gasteiger charge is -2.32. The Kier molecular flexibility index (Phi) is 6.64. The monoisotopic (exact) mass is 430 g/mol. The van der Waals surface area contributed by atoms with Crippen molar-refractivity contribution in [1.82, 2.24) is 20.3 Å². The number of rotatable bonds is 5. The van der Waals surface area contributed by atoms with Crippen molar-refractivity contribution in [3.05, 3.63) is 40.7 Å². The van der Waals surface area contributed by atoms with Crippen LogP contribution in [0.1, 0.15) is 54.3 Å². The zero-order chi connectivity index (χ0) is 20.9. The van der Waals surface area contributed by atoms with Crippen molar-refractivity contribution in [2.75, 3.05) is 36.9 Å². The molecule has 1 aliphatic heterocycles. The molecule has 30 heavy (non-hydrogen) atoms. The van der Waals surface area contributed by atoms with Gasteiger partial charge in [0, 0.05) is 18.1 Å². The maximum Gasteiger partial charge on any atom is 0.289 e. The van der Waals surface area contributed by atoms with Gasteiger partial charge in [0.05, 0.1) is 19.3 Å². The first-order chi connectivity index (χ1) is 14.6. The van der Waals surface area contributed by atoms with Crippen LogP contribution in [0.4, 0.5) is 11.9 Å². The lowest BCUT2D eigenvalue weighted by molar-refractivity contribution is 0.0901. The zero-order valence-electron chi connectivity index (χ0n) is 16.9. The number of nitrogens with zero attached hydrogens (tertiary/aromatic N) is 4. The van der Waals surface area contributed by atoms with Gasteiger partial charge in [-0.1, -0.05) is 49.1 Å². The van der Waals surface area contributed by atoms with E-state index in [-0.39, 0.29) is 23.7 Å². The Morgan fingerprint density at radius 2 is 1.87 bits per heavy atom. The summed E-state index contributed by atoms with van der Waals surface area (Å²) >= 11 is 6.49. The maximum atomic E-state index is 13.2. The molecule has 0 bridgehead atoms. The fourth-order valence-corrected chi connectivity index (χ4v) is 4.49. The van der Waals surface area contributed by atoms with E-state index in [4.69, 9.17) is 22.1 Å². The Morgan fingerprint density at radius 3 is 2.60 bits per heavy atom. The van der Waals surface area contributed by atoms with Crippen LogP contribution in [-0.2, 0) is 4.74 Å². The van der Waals surface area contributed by atoms with E-state index in [0.29, 0.717) is 43.2 Å². The maximum absolute atomic E-state index is 13.2. The van der Waals surface area contributed by atoms with Crippen molar-refractivity contribution in [3.8, 4) is 0 Å². The second-order valence-corrected chi connectivity index (χ2v) is 8.19. The molecule has 1 unspecified atom stereocenters. The van der Waals surface area contributed by atoms with Gasteiger partial charge in [-0.25, -0.2) is 0 Å². The Labute approximate surface area is 181 Å². The Balaban J connectivity index is 1.59. The van der Waals surface area contributed by atoms with Gasteiger partial charge >= 0.3 is 0 Å². The molecule has 9 heteroatoms. The molecule has 1 aromatic heterocycles. The van der Waals surface area contributed by atoms with Crippen molar-refractivity contribution in [2.45, 2.75) is 38.1 Å². The first-order valence-electron chi connectivity index (χ1n) is 10.5. The highest BCUT2D eigenvalue weighted by atomic mass is 35.5. The van der Waals surface area contributed by atoms with E-state index in [2.05, 4.69) is 20.3 Å². The first-order valence-corrected chi connectivity index (χ1v) is 10.9. The van der Waals surface area contributed by atoms with Gasteiger partial charge in [0.15, 0.2) is 0 Å². The van der Waals surface area contributed by atoms with Crippen molar-refractivity contribution in [3.63, 3.8) is 0 Å². The minimum atomic E-state index is -0.367. The number of morpholine rings is 1. The van der Waals surface area contributed by atoms with Crippen molar-refractivity contribution < 1.29 is 9.53 Å². The van der Waals surface area contributed by atoms with E-state index >= 15 is 0 Å². The molecule has 0 spiro atoms. The van der Waals surface area contributed by atoms with Crippen LogP contribution < -0.4 is 16.0 Å². The highest BCUT2D eigenvalue weighted by molar-refractivity contribution is 6.31. The van der Waals surface area contributed by atoms with Gasteiger partial charge in [0.2, 0.25) is 17.7 Å². The topological polar surface area (TPSA) is 106 Å². The molecular formula is C21H27ClN6O2. The van der Waals surface area contributed by atoms with Gasteiger partial charge in [-0.05, 0) is 30.4 Å². The van der Waals surface area contributed by atoms with Crippen LogP contribution in [0.3, 0.4) is 0 Å². The third-order valence-electron chi connectivity index (χ3n) is 5.79. The molecule has 2 aromatic rings. The Morgan fingerprint density at radius 1 is 1.13 bits per heavy atom. The number of nitrogens with two attached hydrogens (primary N) is 1. The molecule has 160 valence electrons. The summed E-state index contributed by atoms with van der Waals surface area (Å²) in [7, 11) is 0. The second kappa shape index (κ2) is 9.57. The number of anilines is 2. The fraction of sp³-hybridized carbons (Fsp3) is 0.524. The minimum absolute atomic E-state index is 0.0249. The van der Waals surface area contributed by atoms with E-state index in [0.717, 1.165) is 31.2 Å². The summed E-state index contributed by atoms with van der Waals surface area (Å²) in [6.07, 6.45) is 5.64. The van der Waals surface area contributed by atoms with Crippen LogP contribution >= 0.6 is 11.6 Å². The number of hydrogen-bond donors (Lipinski definition) is 2. The molecule has 1 aliphatic carbocycles. The van der Waals surface area contributed by atoms with E-state index in [9.17, 15) is 4.79 Å². The number of carbonyl (C=O) groups excluding carboxylic acids is 1. The molecule has 1 aromatic carbocycles. The largest absolute Gasteiger partial charge is 0.378 e. The van der Waals surface area contributed by atoms with Gasteiger partial charge in [-0.3, -0.25) is 4.79 Å². The molecular weight excluding hydrogens is 404 g/mol. The average Bonchev–Trinajstić information content (AvgIpc) is 2.79. The Hall–Kier alpha value is -2.45. The predicted octanol–water partition coefficient (Wildman–Crippen LogP) is 3.00. The number of ether oxygens (including phenoxy) is 1. The number of nitrogens with one attached hydrogen (secondary N) is 1. The van der Waals surface area contributed by atoms with Crippen LogP contribution in [-0.4, -0.2) is 47.2 Å². The molecule has 1 atom stereocenters. The molecule has 1 saturated carbocycles. The van der Waals surface area contributed by atoms with Gasteiger partial charge in [0.25, 0.3) is 5.91 Å². The minimum Gasteiger partial charge on any atom is -0.378 e. The number of hydrogen-bond acceptors (Lipinski definition) is 7. The van der Waals surface area contributed by atoms with Crippen molar-refractivity contribution in [1.29, 1.82) is 0 Å². The molecule has 2 aliphatic rings. The van der Waals surface area contributed by atoms with Gasteiger partial charge in [0.1, 0.15) is 0 Å². The zero-order valence-corrected chi connectivity index (χ0v) is 17.6. The quantitative estimate of drug-likeness (QED) is 0.750. The SMILES string of the molecule is Nc1nc(C(=O)NC(c2ccccc2Cl)C2CCCCC2)nc(N2CCOCC2)n1. The lowest BCUT2D eigenvalue weighted by atomic mass is 9.81. The molecule has 0 radical (unpaired) electrons. The number of amides is 1. The number of nitrogen functional groups attached to an aromatic ring is 1. The molecule has 1 saturated heterocycles. The predicted molar refractivity (Wildman–Crippen MR) is 116 cm³/mol. The number of carbonyl (C=O) groups is 1. The van der Waals surface area contributed by atoms with E-state index in [1.54, 1.807) is 0 Å². The van der Waals surface area contributed by atoms with Gasteiger partial charge in [-0.2, -0.15) is 15.0 Å². The van der Waals surface area contributed by atoms with Gasteiger partial charge in [-0.15, -0.1) is 0 Å². The molecule has 2 heterocycles. The summed E-state index contributed by atoms with van der Waals surface area (Å²) in [5, 5.41) is 3.79. The van der Waals surface area contributed by atoms with E-state index < -0.39 is 0 Å². The summed E-state index contributed by atoms with van der Waals surface area (Å²) < 4.78 is 5.37. The summed E-state index contributed by atoms with van der Waals surface area (Å²) in [4.78, 5) is 27.8. The smallest absolute Gasteiger partial charge is 0.289 e.